The predicted molar refractivity (Wildman–Crippen MR) is 135 cm³/mol. The molecule has 1 aliphatic heterocycles. The van der Waals surface area contributed by atoms with Crippen molar-refractivity contribution in [1.29, 1.82) is 0 Å². The molecule has 0 bridgehead atoms. The van der Waals surface area contributed by atoms with Crippen LogP contribution in [0.15, 0.2) is 47.4 Å². The number of benzene rings is 1. The zero-order valence-corrected chi connectivity index (χ0v) is 20.8. The van der Waals surface area contributed by atoms with Crippen LogP contribution in [0.5, 0.6) is 0 Å². The largest absolute Gasteiger partial charge is 0.444 e. The number of likely N-dealkylation sites (tertiary alicyclic amines) is 1. The van der Waals surface area contributed by atoms with Crippen molar-refractivity contribution in [2.75, 3.05) is 18.4 Å². The van der Waals surface area contributed by atoms with Crippen LogP contribution >= 0.6 is 0 Å². The van der Waals surface area contributed by atoms with Gasteiger partial charge in [0.1, 0.15) is 17.1 Å². The molecule has 0 spiro atoms. The van der Waals surface area contributed by atoms with Crippen molar-refractivity contribution in [2.45, 2.75) is 65.0 Å². The second-order valence-corrected chi connectivity index (χ2v) is 10.0. The Hall–Kier alpha value is -3.42. The number of hydrogen-bond donors (Lipinski definition) is 1. The highest BCUT2D eigenvalue weighted by molar-refractivity contribution is 5.70. The van der Waals surface area contributed by atoms with E-state index < -0.39 is 11.4 Å². The molecule has 3 heterocycles. The lowest BCUT2D eigenvalue weighted by Gasteiger charge is -2.24. The summed E-state index contributed by atoms with van der Waals surface area (Å²) in [6, 6.07) is 10.1. The highest BCUT2D eigenvalue weighted by Crippen LogP contribution is 2.27. The standard InChI is InChI=1S/C27H33FN4O3/c1-5-6-9-22-24(25(33)32-14-8-7-10-23(32)30-22)18-11-12-21(20(28)16-18)29-19-13-15-31(17-19)26(34)35-27(2,3)4/h7-8,10-12,14,16,19,29H,5-6,9,13,15,17H2,1-4H3. The van der Waals surface area contributed by atoms with Crippen LogP contribution in [-0.4, -0.2) is 45.1 Å². The third-order valence-electron chi connectivity index (χ3n) is 6.03. The highest BCUT2D eigenvalue weighted by Gasteiger charge is 2.30. The van der Waals surface area contributed by atoms with Crippen LogP contribution in [0, 0.1) is 5.82 Å². The molecular weight excluding hydrogens is 447 g/mol. The number of hydrogen-bond acceptors (Lipinski definition) is 5. The molecule has 1 saturated heterocycles. The van der Waals surface area contributed by atoms with Crippen LogP contribution in [0.3, 0.4) is 0 Å². The molecule has 0 radical (unpaired) electrons. The predicted octanol–water partition coefficient (Wildman–Crippen LogP) is 5.26. The number of aromatic nitrogens is 2. The quantitative estimate of drug-likeness (QED) is 0.521. The number of anilines is 1. The second kappa shape index (κ2) is 10.1. The number of pyridine rings is 1. The average molecular weight is 481 g/mol. The average Bonchev–Trinajstić information content (AvgIpc) is 3.27. The summed E-state index contributed by atoms with van der Waals surface area (Å²) in [5.74, 6) is -0.447. The minimum atomic E-state index is -0.559. The van der Waals surface area contributed by atoms with Crippen LogP contribution in [0.2, 0.25) is 0 Å². The summed E-state index contributed by atoms with van der Waals surface area (Å²) < 4.78 is 22.1. The second-order valence-electron chi connectivity index (χ2n) is 10.0. The number of nitrogens with zero attached hydrogens (tertiary/aromatic N) is 3. The van der Waals surface area contributed by atoms with Gasteiger partial charge in [-0.15, -0.1) is 0 Å². The van der Waals surface area contributed by atoms with Crippen molar-refractivity contribution in [3.63, 3.8) is 0 Å². The van der Waals surface area contributed by atoms with E-state index in [1.165, 1.54) is 10.5 Å². The van der Waals surface area contributed by atoms with E-state index >= 15 is 4.39 Å². The maximum absolute atomic E-state index is 15.2. The first-order valence-electron chi connectivity index (χ1n) is 12.2. The first kappa shape index (κ1) is 24.7. The summed E-state index contributed by atoms with van der Waals surface area (Å²) in [4.78, 5) is 32.0. The van der Waals surface area contributed by atoms with Crippen molar-refractivity contribution in [3.05, 3.63) is 64.5 Å². The Morgan fingerprint density at radius 3 is 2.77 bits per heavy atom. The minimum absolute atomic E-state index is 0.0871. The Bertz CT molecular complexity index is 1280. The number of carbonyl (C=O) groups excluding carboxylic acids is 1. The first-order chi connectivity index (χ1) is 16.7. The van der Waals surface area contributed by atoms with E-state index in [0.717, 1.165) is 12.8 Å². The molecule has 1 N–H and O–H groups in total. The smallest absolute Gasteiger partial charge is 0.410 e. The number of unbranched alkanes of at least 4 members (excludes halogenated alkanes) is 1. The van der Waals surface area contributed by atoms with Crippen LogP contribution in [0.1, 0.15) is 52.7 Å². The lowest BCUT2D eigenvalue weighted by atomic mass is 10.0. The number of amides is 1. The molecule has 1 aliphatic rings. The number of nitrogens with one attached hydrogen (secondary N) is 1. The van der Waals surface area contributed by atoms with Gasteiger partial charge in [0.05, 0.1) is 16.9 Å². The summed E-state index contributed by atoms with van der Waals surface area (Å²) in [5, 5.41) is 3.21. The molecule has 0 aliphatic carbocycles. The zero-order valence-electron chi connectivity index (χ0n) is 20.8. The number of halogens is 1. The Balaban J connectivity index is 1.57. The van der Waals surface area contributed by atoms with E-state index in [1.54, 1.807) is 35.4 Å². The summed E-state index contributed by atoms with van der Waals surface area (Å²) >= 11 is 0. The van der Waals surface area contributed by atoms with E-state index in [9.17, 15) is 9.59 Å². The number of rotatable bonds is 6. The van der Waals surface area contributed by atoms with Gasteiger partial charge in [0.25, 0.3) is 5.56 Å². The van der Waals surface area contributed by atoms with Gasteiger partial charge < -0.3 is 15.0 Å². The lowest BCUT2D eigenvalue weighted by Crippen LogP contribution is -2.36. The molecule has 4 rings (SSSR count). The van der Waals surface area contributed by atoms with E-state index in [-0.39, 0.29) is 17.7 Å². The van der Waals surface area contributed by atoms with Crippen molar-refractivity contribution in [1.82, 2.24) is 14.3 Å². The Morgan fingerprint density at radius 1 is 1.26 bits per heavy atom. The lowest BCUT2D eigenvalue weighted by molar-refractivity contribution is 0.0293. The number of aryl methyl sites for hydroxylation is 1. The molecule has 1 fully saturated rings. The Labute approximate surface area is 204 Å². The fraction of sp³-hybridized carbons (Fsp3) is 0.444. The maximum Gasteiger partial charge on any atom is 0.410 e. The summed E-state index contributed by atoms with van der Waals surface area (Å²) in [6.45, 7) is 8.56. The molecule has 2 aromatic heterocycles. The molecule has 1 unspecified atom stereocenters. The zero-order chi connectivity index (χ0) is 25.2. The van der Waals surface area contributed by atoms with Crippen LogP contribution < -0.4 is 10.9 Å². The van der Waals surface area contributed by atoms with E-state index in [1.807, 2.05) is 26.8 Å². The Morgan fingerprint density at radius 2 is 2.06 bits per heavy atom. The molecule has 8 heteroatoms. The fourth-order valence-electron chi connectivity index (χ4n) is 4.33. The van der Waals surface area contributed by atoms with E-state index in [0.29, 0.717) is 54.1 Å². The third kappa shape index (κ3) is 5.63. The van der Waals surface area contributed by atoms with Crippen LogP contribution in [0.25, 0.3) is 16.8 Å². The Kier molecular flexibility index (Phi) is 7.10. The van der Waals surface area contributed by atoms with E-state index in [2.05, 4.69) is 12.2 Å². The van der Waals surface area contributed by atoms with Gasteiger partial charge in [0.2, 0.25) is 0 Å². The molecule has 3 aromatic rings. The van der Waals surface area contributed by atoms with Crippen molar-refractivity contribution in [2.24, 2.45) is 0 Å². The monoisotopic (exact) mass is 480 g/mol. The van der Waals surface area contributed by atoms with Gasteiger partial charge in [-0.25, -0.2) is 14.2 Å². The van der Waals surface area contributed by atoms with Crippen molar-refractivity contribution >= 4 is 17.4 Å². The van der Waals surface area contributed by atoms with Crippen LogP contribution in [-0.2, 0) is 11.2 Å². The summed E-state index contributed by atoms with van der Waals surface area (Å²) in [7, 11) is 0. The molecule has 7 nitrogen and oxygen atoms in total. The van der Waals surface area contributed by atoms with Gasteiger partial charge in [-0.3, -0.25) is 9.20 Å². The SMILES string of the molecule is CCCCc1nc2ccccn2c(=O)c1-c1ccc(NC2CCN(C(=O)OC(C)(C)C)C2)c(F)c1. The van der Waals surface area contributed by atoms with E-state index in [4.69, 9.17) is 9.72 Å². The molecule has 1 aromatic carbocycles. The first-order valence-corrected chi connectivity index (χ1v) is 12.2. The van der Waals surface area contributed by atoms with Gasteiger partial charge in [-0.2, -0.15) is 0 Å². The van der Waals surface area contributed by atoms with Gasteiger partial charge in [0.15, 0.2) is 0 Å². The molecule has 35 heavy (non-hydrogen) atoms. The number of carbonyl (C=O) groups is 1. The molecule has 1 amide bonds. The minimum Gasteiger partial charge on any atom is -0.444 e. The molecular formula is C27H33FN4O3. The fourth-order valence-corrected chi connectivity index (χ4v) is 4.33. The maximum atomic E-state index is 15.2. The van der Waals surface area contributed by atoms with Gasteiger partial charge in [0, 0.05) is 25.3 Å². The normalized spacial score (nSPS) is 16.0. The molecule has 186 valence electrons. The third-order valence-corrected chi connectivity index (χ3v) is 6.03. The van der Waals surface area contributed by atoms with Gasteiger partial charge in [-0.05, 0) is 69.9 Å². The van der Waals surface area contributed by atoms with Crippen LogP contribution in [0.4, 0.5) is 14.9 Å². The summed E-state index contributed by atoms with van der Waals surface area (Å²) in [5.41, 5.74) is 1.80. The van der Waals surface area contributed by atoms with Crippen molar-refractivity contribution in [3.8, 4) is 11.1 Å². The number of fused-ring (bicyclic) bond motifs is 1. The topological polar surface area (TPSA) is 75.9 Å². The molecule has 0 saturated carbocycles. The van der Waals surface area contributed by atoms with Crippen molar-refractivity contribution < 1.29 is 13.9 Å². The summed E-state index contributed by atoms with van der Waals surface area (Å²) in [6.07, 6.45) is 4.52. The highest BCUT2D eigenvalue weighted by atomic mass is 19.1. The number of ether oxygens (including phenoxy) is 1. The molecule has 1 atom stereocenters. The van der Waals surface area contributed by atoms with Gasteiger partial charge in [-0.1, -0.05) is 25.5 Å². The van der Waals surface area contributed by atoms with Gasteiger partial charge >= 0.3 is 6.09 Å².